The van der Waals surface area contributed by atoms with E-state index in [2.05, 4.69) is 10.4 Å². The minimum atomic E-state index is -3.44. The van der Waals surface area contributed by atoms with Crippen LogP contribution in [0.15, 0.2) is 106 Å². The van der Waals surface area contributed by atoms with Crippen molar-refractivity contribution in [3.63, 3.8) is 0 Å². The average molecular weight is 474 g/mol. The number of fused-ring (bicyclic) bond motifs is 1. The largest absolute Gasteiger partial charge is 0.475 e. The highest BCUT2D eigenvalue weighted by atomic mass is 32.2. The molecule has 34 heavy (non-hydrogen) atoms. The van der Waals surface area contributed by atoms with Crippen LogP contribution in [0.5, 0.6) is 5.88 Å². The molecule has 0 aliphatic carbocycles. The number of nitrogens with one attached hydrogen (secondary N) is 1. The summed E-state index contributed by atoms with van der Waals surface area (Å²) in [7, 11) is -1.56. The van der Waals surface area contributed by atoms with Crippen LogP contribution < -0.4 is 15.2 Å². The van der Waals surface area contributed by atoms with E-state index >= 15 is 0 Å². The highest BCUT2D eigenvalue weighted by molar-refractivity contribution is 7.91. The second-order valence-electron chi connectivity index (χ2n) is 8.26. The van der Waals surface area contributed by atoms with E-state index in [-0.39, 0.29) is 6.04 Å². The highest BCUT2D eigenvalue weighted by Gasteiger charge is 2.39. The summed E-state index contributed by atoms with van der Waals surface area (Å²) in [6.07, 6.45) is 1.52. The number of nitrogens with zero attached hydrogens (tertiary/aromatic N) is 3. The van der Waals surface area contributed by atoms with E-state index in [1.807, 2.05) is 98.0 Å². The quantitative estimate of drug-likeness (QED) is 0.419. The van der Waals surface area contributed by atoms with Gasteiger partial charge in [0.15, 0.2) is 0 Å². The number of nitrogens with two attached hydrogens (primary N) is 1. The van der Waals surface area contributed by atoms with Crippen molar-refractivity contribution >= 4 is 9.92 Å². The molecule has 1 aliphatic heterocycles. The van der Waals surface area contributed by atoms with E-state index in [9.17, 15) is 4.21 Å². The SMILES string of the molecule is CN[C@@H]1COc2c(S(N)(=O)=NC(c3ccccc3)(c3ccccc3)c3ccccc3)cnn2C1. The van der Waals surface area contributed by atoms with Gasteiger partial charge in [0.25, 0.3) is 0 Å². The predicted octanol–water partition coefficient (Wildman–Crippen LogP) is 3.56. The summed E-state index contributed by atoms with van der Waals surface area (Å²) >= 11 is 0. The third-order valence-electron chi connectivity index (χ3n) is 6.14. The number of likely N-dealkylation sites (N-methyl/N-ethyl adjacent to an activating group) is 1. The number of hydrogen-bond acceptors (Lipinski definition) is 5. The van der Waals surface area contributed by atoms with Crippen molar-refractivity contribution in [2.75, 3.05) is 13.7 Å². The molecule has 2 heterocycles. The second-order valence-corrected chi connectivity index (χ2v) is 10.0. The van der Waals surface area contributed by atoms with Crippen molar-refractivity contribution < 1.29 is 8.95 Å². The normalized spacial score (nSPS) is 17.3. The van der Waals surface area contributed by atoms with Crippen LogP contribution in [0.3, 0.4) is 0 Å². The summed E-state index contributed by atoms with van der Waals surface area (Å²) in [4.78, 5) is 0.300. The fourth-order valence-electron chi connectivity index (χ4n) is 4.40. The Morgan fingerprint density at radius 1 is 0.971 bits per heavy atom. The summed E-state index contributed by atoms with van der Waals surface area (Å²) < 4.78 is 26.9. The van der Waals surface area contributed by atoms with Crippen LogP contribution in [0.25, 0.3) is 0 Å². The number of rotatable bonds is 6. The van der Waals surface area contributed by atoms with Gasteiger partial charge < -0.3 is 10.1 Å². The molecule has 0 bridgehead atoms. The molecule has 0 amide bonds. The predicted molar refractivity (Wildman–Crippen MR) is 133 cm³/mol. The molecule has 1 unspecified atom stereocenters. The molecule has 0 saturated carbocycles. The monoisotopic (exact) mass is 473 g/mol. The zero-order valence-corrected chi connectivity index (χ0v) is 19.7. The van der Waals surface area contributed by atoms with Crippen LogP contribution in [-0.2, 0) is 22.0 Å². The van der Waals surface area contributed by atoms with Crippen molar-refractivity contribution in [3.8, 4) is 5.88 Å². The molecule has 7 nitrogen and oxygen atoms in total. The first-order valence-corrected chi connectivity index (χ1v) is 12.7. The summed E-state index contributed by atoms with van der Waals surface area (Å²) in [5, 5.41) is 14.2. The van der Waals surface area contributed by atoms with Gasteiger partial charge in [0.1, 0.15) is 27.0 Å². The van der Waals surface area contributed by atoms with E-state index in [0.717, 1.165) is 16.7 Å². The lowest BCUT2D eigenvalue weighted by atomic mass is 9.78. The number of benzene rings is 3. The maximum absolute atomic E-state index is 14.3. The number of ether oxygens (including phenoxy) is 1. The van der Waals surface area contributed by atoms with Gasteiger partial charge in [-0.15, -0.1) is 0 Å². The van der Waals surface area contributed by atoms with E-state index in [4.69, 9.17) is 14.2 Å². The molecule has 0 spiro atoms. The summed E-state index contributed by atoms with van der Waals surface area (Å²) in [5.41, 5.74) is 1.49. The Labute approximate surface area is 199 Å². The Morgan fingerprint density at radius 2 is 1.47 bits per heavy atom. The van der Waals surface area contributed by atoms with Crippen LogP contribution in [0, 0.1) is 0 Å². The van der Waals surface area contributed by atoms with Crippen molar-refractivity contribution in [1.82, 2.24) is 15.1 Å². The number of hydrogen-bond donors (Lipinski definition) is 2. The molecule has 1 aromatic heterocycles. The Bertz CT molecular complexity index is 1280. The van der Waals surface area contributed by atoms with Gasteiger partial charge in [0.2, 0.25) is 5.88 Å². The topological polar surface area (TPSA) is 94.5 Å². The highest BCUT2D eigenvalue weighted by Crippen LogP contribution is 2.42. The molecule has 4 aromatic rings. The Hall–Kier alpha value is -3.46. The maximum atomic E-state index is 14.3. The molecule has 3 aromatic carbocycles. The van der Waals surface area contributed by atoms with Gasteiger partial charge in [-0.05, 0) is 23.7 Å². The van der Waals surface area contributed by atoms with E-state index in [1.54, 1.807) is 4.68 Å². The second kappa shape index (κ2) is 9.06. The first kappa shape index (κ1) is 22.3. The van der Waals surface area contributed by atoms with Gasteiger partial charge in [-0.3, -0.25) is 0 Å². The third kappa shape index (κ3) is 3.90. The molecule has 0 radical (unpaired) electrons. The zero-order valence-electron chi connectivity index (χ0n) is 18.9. The lowest BCUT2D eigenvalue weighted by Crippen LogP contribution is -2.40. The van der Waals surface area contributed by atoms with Crippen LogP contribution in [0.4, 0.5) is 0 Å². The first-order valence-electron chi connectivity index (χ1n) is 11.1. The van der Waals surface area contributed by atoms with E-state index in [0.29, 0.717) is 23.9 Å². The average Bonchev–Trinajstić information content (AvgIpc) is 3.33. The Kier molecular flexibility index (Phi) is 5.95. The molecule has 3 N–H and O–H groups in total. The minimum Gasteiger partial charge on any atom is -0.475 e. The van der Waals surface area contributed by atoms with Gasteiger partial charge in [0, 0.05) is 0 Å². The smallest absolute Gasteiger partial charge is 0.230 e. The maximum Gasteiger partial charge on any atom is 0.230 e. The van der Waals surface area contributed by atoms with Crippen molar-refractivity contribution in [2.45, 2.75) is 23.0 Å². The molecule has 174 valence electrons. The standard InChI is InChI=1S/C26H27N5O2S/c1-28-23-18-31-25(33-19-23)24(17-29-31)34(27,32)30-26(20-11-5-2-6-12-20,21-13-7-3-8-14-21)22-15-9-4-10-16-22/h2-17,23,28H,18-19H2,1H3,(H2,27,30,32)/t23-,34?/m0/s1. The van der Waals surface area contributed by atoms with Crippen molar-refractivity contribution in [3.05, 3.63) is 114 Å². The molecule has 0 saturated heterocycles. The molecule has 5 rings (SSSR count). The van der Waals surface area contributed by atoms with Crippen LogP contribution in [-0.4, -0.2) is 33.7 Å². The third-order valence-corrected chi connectivity index (χ3v) is 7.60. The Morgan fingerprint density at radius 3 is 1.94 bits per heavy atom. The van der Waals surface area contributed by atoms with E-state index < -0.39 is 15.5 Å². The molecule has 2 atom stereocenters. The van der Waals surface area contributed by atoms with Gasteiger partial charge in [0.05, 0.1) is 18.8 Å². The fraction of sp³-hybridized carbons (Fsp3) is 0.192. The lowest BCUT2D eigenvalue weighted by molar-refractivity contribution is 0.184. The van der Waals surface area contributed by atoms with Gasteiger partial charge in [-0.2, -0.15) is 9.46 Å². The van der Waals surface area contributed by atoms with Crippen LogP contribution >= 0.6 is 0 Å². The van der Waals surface area contributed by atoms with Crippen molar-refractivity contribution in [1.29, 1.82) is 0 Å². The van der Waals surface area contributed by atoms with Crippen molar-refractivity contribution in [2.24, 2.45) is 9.50 Å². The minimum absolute atomic E-state index is 0.114. The van der Waals surface area contributed by atoms with Crippen LogP contribution in [0.2, 0.25) is 0 Å². The Balaban J connectivity index is 1.79. The van der Waals surface area contributed by atoms with E-state index in [1.165, 1.54) is 6.20 Å². The van der Waals surface area contributed by atoms with Gasteiger partial charge >= 0.3 is 0 Å². The fourth-order valence-corrected chi connectivity index (χ4v) is 5.83. The summed E-state index contributed by atoms with van der Waals surface area (Å²) in [6, 6.07) is 29.6. The summed E-state index contributed by atoms with van der Waals surface area (Å²) in [6.45, 7) is 1.04. The molecular weight excluding hydrogens is 446 g/mol. The number of aromatic nitrogens is 2. The van der Waals surface area contributed by atoms with Crippen LogP contribution in [0.1, 0.15) is 16.7 Å². The molecule has 8 heteroatoms. The first-order chi connectivity index (χ1) is 16.5. The molecule has 1 aliphatic rings. The van der Waals surface area contributed by atoms with Gasteiger partial charge in [-0.1, -0.05) is 91.0 Å². The molecular formula is C26H27N5O2S. The zero-order chi connectivity index (χ0) is 23.6. The van der Waals surface area contributed by atoms with Gasteiger partial charge in [-0.25, -0.2) is 14.0 Å². The summed E-state index contributed by atoms with van der Waals surface area (Å²) in [5.74, 6) is 0.408. The molecule has 0 fully saturated rings. The lowest BCUT2D eigenvalue weighted by Gasteiger charge is -2.32.